The Morgan fingerprint density at radius 3 is 2.84 bits per heavy atom. The fourth-order valence-electron chi connectivity index (χ4n) is 2.82. The molecule has 2 saturated heterocycles. The van der Waals surface area contributed by atoms with E-state index in [9.17, 15) is 9.59 Å². The molecular weight excluding hydrogens is 262 g/mol. The Morgan fingerprint density at radius 1 is 1.32 bits per heavy atom. The van der Waals surface area contributed by atoms with Crippen LogP contribution in [0.15, 0.2) is 0 Å². The van der Waals surface area contributed by atoms with Crippen molar-refractivity contribution in [1.82, 2.24) is 9.80 Å². The smallest absolute Gasteiger partial charge is 0.245 e. The van der Waals surface area contributed by atoms with Crippen LogP contribution in [-0.4, -0.2) is 52.3 Å². The number of piperazine rings is 1. The number of hydrogen-bond acceptors (Lipinski definition) is 3. The monoisotopic (exact) mass is 283 g/mol. The first kappa shape index (κ1) is 14.2. The number of thiocarbonyl (C=S) groups is 1. The van der Waals surface area contributed by atoms with Gasteiger partial charge in [-0.15, -0.1) is 0 Å². The van der Waals surface area contributed by atoms with Gasteiger partial charge in [-0.1, -0.05) is 12.2 Å². The second kappa shape index (κ2) is 6.32. The van der Waals surface area contributed by atoms with E-state index in [2.05, 4.69) is 0 Å². The lowest BCUT2D eigenvalue weighted by molar-refractivity contribution is -0.157. The minimum absolute atomic E-state index is 0.0960. The number of hydrogen-bond donors (Lipinski definition) is 1. The molecule has 1 atom stereocenters. The van der Waals surface area contributed by atoms with Gasteiger partial charge in [0.1, 0.15) is 6.04 Å². The molecule has 106 valence electrons. The Morgan fingerprint density at radius 2 is 2.11 bits per heavy atom. The van der Waals surface area contributed by atoms with Gasteiger partial charge >= 0.3 is 0 Å². The highest BCUT2D eigenvalue weighted by molar-refractivity contribution is 7.80. The maximum absolute atomic E-state index is 12.3. The molecule has 0 aromatic carbocycles. The van der Waals surface area contributed by atoms with Crippen molar-refractivity contribution in [2.24, 2.45) is 5.73 Å². The molecule has 2 amide bonds. The van der Waals surface area contributed by atoms with E-state index in [1.54, 1.807) is 9.80 Å². The van der Waals surface area contributed by atoms with E-state index in [-0.39, 0.29) is 24.4 Å². The van der Waals surface area contributed by atoms with E-state index in [0.29, 0.717) is 18.0 Å². The average molecular weight is 283 g/mol. The molecule has 0 bridgehead atoms. The van der Waals surface area contributed by atoms with Crippen molar-refractivity contribution in [2.45, 2.75) is 44.6 Å². The summed E-state index contributed by atoms with van der Waals surface area (Å²) in [5, 5.41) is 0. The first-order chi connectivity index (χ1) is 9.09. The summed E-state index contributed by atoms with van der Waals surface area (Å²) in [6.07, 6.45) is 5.30. The van der Waals surface area contributed by atoms with E-state index in [1.165, 1.54) is 0 Å². The molecule has 0 aliphatic carbocycles. The quantitative estimate of drug-likeness (QED) is 0.595. The summed E-state index contributed by atoms with van der Waals surface area (Å²) in [5.74, 6) is 0.216. The lowest BCUT2D eigenvalue weighted by atomic mass is 9.98. The van der Waals surface area contributed by atoms with Crippen LogP contribution >= 0.6 is 12.2 Å². The van der Waals surface area contributed by atoms with Crippen molar-refractivity contribution >= 4 is 29.0 Å². The van der Waals surface area contributed by atoms with Crippen LogP contribution in [0.3, 0.4) is 0 Å². The second-order valence-corrected chi connectivity index (χ2v) is 5.81. The van der Waals surface area contributed by atoms with Gasteiger partial charge in [0.25, 0.3) is 0 Å². The average Bonchev–Trinajstić information content (AvgIpc) is 2.40. The summed E-state index contributed by atoms with van der Waals surface area (Å²) >= 11 is 4.82. The van der Waals surface area contributed by atoms with E-state index in [0.717, 1.165) is 38.6 Å². The van der Waals surface area contributed by atoms with Crippen molar-refractivity contribution in [2.75, 3.05) is 19.6 Å². The molecule has 2 aliphatic heterocycles. The molecule has 2 aliphatic rings. The van der Waals surface area contributed by atoms with Crippen molar-refractivity contribution in [3.05, 3.63) is 0 Å². The number of unbranched alkanes of at least 4 members (excludes halogenated alkanes) is 1. The van der Waals surface area contributed by atoms with E-state index < -0.39 is 0 Å². The van der Waals surface area contributed by atoms with Crippen LogP contribution in [0.1, 0.15) is 38.5 Å². The van der Waals surface area contributed by atoms with Crippen LogP contribution in [-0.2, 0) is 9.59 Å². The zero-order valence-electron chi connectivity index (χ0n) is 11.1. The molecule has 6 heteroatoms. The van der Waals surface area contributed by atoms with Crippen molar-refractivity contribution in [3.8, 4) is 0 Å². The lowest BCUT2D eigenvalue weighted by Gasteiger charge is -2.42. The van der Waals surface area contributed by atoms with E-state index in [4.69, 9.17) is 18.0 Å². The number of carbonyl (C=O) groups excluding carboxylic acids is 2. The van der Waals surface area contributed by atoms with Gasteiger partial charge in [0.15, 0.2) is 0 Å². The number of amides is 2. The molecule has 0 saturated carbocycles. The van der Waals surface area contributed by atoms with Crippen LogP contribution in [0.5, 0.6) is 0 Å². The molecule has 2 rings (SSSR count). The zero-order chi connectivity index (χ0) is 13.8. The van der Waals surface area contributed by atoms with Gasteiger partial charge in [0, 0.05) is 13.1 Å². The summed E-state index contributed by atoms with van der Waals surface area (Å²) in [6.45, 7) is 1.62. The zero-order valence-corrected chi connectivity index (χ0v) is 12.0. The lowest BCUT2D eigenvalue weighted by Crippen LogP contribution is -2.61. The van der Waals surface area contributed by atoms with Crippen LogP contribution in [0.4, 0.5) is 0 Å². The Balaban J connectivity index is 1.86. The first-order valence-electron chi connectivity index (χ1n) is 6.96. The summed E-state index contributed by atoms with van der Waals surface area (Å²) in [7, 11) is 0. The molecule has 5 nitrogen and oxygen atoms in total. The maximum atomic E-state index is 12.3. The number of carbonyl (C=O) groups is 2. The SMILES string of the molecule is NC(=S)CCCCN1CC(=O)N2CCCCC2C1=O. The first-order valence-corrected chi connectivity index (χ1v) is 7.37. The number of rotatable bonds is 5. The Bertz CT molecular complexity index is 386. The third kappa shape index (κ3) is 3.43. The van der Waals surface area contributed by atoms with E-state index >= 15 is 0 Å². The molecule has 2 heterocycles. The minimum atomic E-state index is -0.203. The molecule has 2 fully saturated rings. The van der Waals surface area contributed by atoms with Gasteiger partial charge < -0.3 is 15.5 Å². The number of nitrogens with two attached hydrogens (primary N) is 1. The van der Waals surface area contributed by atoms with Crippen LogP contribution in [0.2, 0.25) is 0 Å². The van der Waals surface area contributed by atoms with Crippen LogP contribution in [0, 0.1) is 0 Å². The third-order valence-corrected chi connectivity index (χ3v) is 4.05. The molecule has 0 aromatic rings. The fourth-order valence-corrected chi connectivity index (χ4v) is 2.97. The Kier molecular flexibility index (Phi) is 4.74. The van der Waals surface area contributed by atoms with Gasteiger partial charge in [-0.2, -0.15) is 0 Å². The summed E-state index contributed by atoms with van der Waals surface area (Å²) < 4.78 is 0. The molecule has 1 unspecified atom stereocenters. The number of nitrogens with zero attached hydrogens (tertiary/aromatic N) is 2. The number of fused-ring (bicyclic) bond motifs is 1. The maximum Gasteiger partial charge on any atom is 0.245 e. The summed E-state index contributed by atoms with van der Waals surface area (Å²) in [5.41, 5.74) is 5.44. The Hall–Kier alpha value is -1.17. The third-order valence-electron chi connectivity index (χ3n) is 3.85. The highest BCUT2D eigenvalue weighted by Crippen LogP contribution is 2.23. The fraction of sp³-hybridized carbons (Fsp3) is 0.769. The minimum Gasteiger partial charge on any atom is -0.393 e. The summed E-state index contributed by atoms with van der Waals surface area (Å²) in [6, 6.07) is -0.203. The number of piperidine rings is 1. The molecule has 2 N–H and O–H groups in total. The topological polar surface area (TPSA) is 66.6 Å². The standard InChI is InChI=1S/C13H21N3O2S/c14-11(19)6-2-3-7-15-9-12(17)16-8-4-1-5-10(16)13(15)18/h10H,1-9H2,(H2,14,19). The van der Waals surface area contributed by atoms with Gasteiger partial charge in [-0.25, -0.2) is 0 Å². The molecular formula is C13H21N3O2S. The highest BCUT2D eigenvalue weighted by atomic mass is 32.1. The Labute approximate surface area is 119 Å². The van der Waals surface area contributed by atoms with Gasteiger partial charge in [-0.05, 0) is 38.5 Å². The van der Waals surface area contributed by atoms with Crippen molar-refractivity contribution in [3.63, 3.8) is 0 Å². The predicted octanol–water partition coefficient (Wildman–Crippen LogP) is 0.666. The largest absolute Gasteiger partial charge is 0.393 e. The van der Waals surface area contributed by atoms with Gasteiger partial charge in [-0.3, -0.25) is 9.59 Å². The molecule has 0 radical (unpaired) electrons. The van der Waals surface area contributed by atoms with Gasteiger partial charge in [0.2, 0.25) is 11.8 Å². The molecule has 0 aromatic heterocycles. The normalized spacial score (nSPS) is 23.5. The summed E-state index contributed by atoms with van der Waals surface area (Å²) in [4.78, 5) is 28.3. The van der Waals surface area contributed by atoms with Crippen LogP contribution < -0.4 is 5.73 Å². The van der Waals surface area contributed by atoms with Crippen molar-refractivity contribution in [1.29, 1.82) is 0 Å². The van der Waals surface area contributed by atoms with Crippen molar-refractivity contribution < 1.29 is 9.59 Å². The van der Waals surface area contributed by atoms with Gasteiger partial charge in [0.05, 0.1) is 11.5 Å². The highest BCUT2D eigenvalue weighted by Gasteiger charge is 2.39. The molecule has 0 spiro atoms. The van der Waals surface area contributed by atoms with E-state index in [1.807, 2.05) is 0 Å². The van der Waals surface area contributed by atoms with Crippen LogP contribution in [0.25, 0.3) is 0 Å². The second-order valence-electron chi connectivity index (χ2n) is 5.28. The predicted molar refractivity (Wildman–Crippen MR) is 76.6 cm³/mol. The molecule has 19 heavy (non-hydrogen) atoms.